The second-order valence-electron chi connectivity index (χ2n) is 32.0. The average Bonchev–Trinajstić information content (AvgIpc) is 1.26. The van der Waals surface area contributed by atoms with Crippen LogP contribution in [0, 0.1) is 35.5 Å². The molecule has 40 nitrogen and oxygen atoms in total. The summed E-state index contributed by atoms with van der Waals surface area (Å²) in [5.41, 5.74) is 29.6. The van der Waals surface area contributed by atoms with Crippen LogP contribution in [-0.2, 0) is 89.6 Å². The molecule has 120 heavy (non-hydrogen) atoms. The molecule has 1 aromatic heterocycles. The van der Waals surface area contributed by atoms with Gasteiger partial charge in [0.2, 0.25) is 88.6 Å². The molecule has 2 rings (SSSR count). The number of hydrogen-bond acceptors (Lipinski definition) is 22. The van der Waals surface area contributed by atoms with E-state index >= 15 is 0 Å². The molecule has 0 fully saturated rings. The van der Waals surface area contributed by atoms with Gasteiger partial charge in [0, 0.05) is 31.3 Å². The number of aliphatic carboxylic acids is 1. The molecule has 0 aliphatic carbocycles. The van der Waals surface area contributed by atoms with E-state index in [2.05, 4.69) is 89.4 Å². The molecule has 0 aliphatic rings. The third-order valence-electron chi connectivity index (χ3n) is 19.3. The second kappa shape index (κ2) is 54.6. The largest absolute Gasteiger partial charge is 0.480 e. The average molecular weight is 1710 g/mol. The summed E-state index contributed by atoms with van der Waals surface area (Å²) >= 11 is 1.38. The number of carbonyl (C=O) groups is 16. The first-order chi connectivity index (χ1) is 56.3. The number of primary amides is 1. The molecule has 27 N–H and O–H groups in total. The van der Waals surface area contributed by atoms with Gasteiger partial charge in [0.05, 0.1) is 24.9 Å². The predicted octanol–water partition coefficient (Wildman–Crippen LogP) is -3.27. The number of aliphatic imine (C=N–C) groups is 1. The van der Waals surface area contributed by atoms with Crippen molar-refractivity contribution in [2.24, 2.45) is 69.2 Å². The number of imidazole rings is 1. The minimum atomic E-state index is -1.83. The molecule has 0 radical (unpaired) electrons. The van der Waals surface area contributed by atoms with Gasteiger partial charge in [-0.25, -0.2) is 4.98 Å². The van der Waals surface area contributed by atoms with Crippen LogP contribution in [0.4, 0.5) is 0 Å². The van der Waals surface area contributed by atoms with Crippen molar-refractivity contribution in [2.75, 3.05) is 31.6 Å². The number of carboxylic acid groups (broad SMARTS) is 1. The number of hydrogen-bond donors (Lipinski definition) is 22. The molecule has 1 heterocycles. The maximum atomic E-state index is 14.8. The van der Waals surface area contributed by atoms with Crippen LogP contribution in [0.2, 0.25) is 0 Å². The Kier molecular flexibility index (Phi) is 48.0. The Morgan fingerprint density at radius 1 is 0.475 bits per heavy atom. The lowest BCUT2D eigenvalue weighted by molar-refractivity contribution is -0.138. The number of thioether (sulfide) groups is 1. The van der Waals surface area contributed by atoms with Crippen molar-refractivity contribution >= 4 is 112 Å². The molecule has 0 unspecified atom stereocenters. The fourth-order valence-corrected chi connectivity index (χ4v) is 12.7. The van der Waals surface area contributed by atoms with Gasteiger partial charge < -0.3 is 118 Å². The number of rotatable bonds is 57. The lowest BCUT2D eigenvalue weighted by Gasteiger charge is -2.31. The van der Waals surface area contributed by atoms with Gasteiger partial charge in [-0.3, -0.25) is 81.7 Å². The smallest absolute Gasteiger partial charge is 0.322 e. The second-order valence-corrected chi connectivity index (χ2v) is 33.0. The molecular weight excluding hydrogens is 1580 g/mol. The van der Waals surface area contributed by atoms with Crippen molar-refractivity contribution in [2.45, 2.75) is 271 Å². The summed E-state index contributed by atoms with van der Waals surface area (Å²) in [6.45, 7) is 22.6. The number of H-pyrrole nitrogens is 1. The van der Waals surface area contributed by atoms with Crippen LogP contribution < -0.4 is 103 Å². The number of nitrogens with two attached hydrogens (primary N) is 5. The number of nitrogens with zero attached hydrogens (tertiary/aromatic N) is 2. The number of guanidine groups is 1. The van der Waals surface area contributed by atoms with Gasteiger partial charge in [0.15, 0.2) is 5.96 Å². The lowest BCUT2D eigenvalue weighted by Crippen LogP contribution is -2.63. The Hall–Kier alpha value is -10.6. The van der Waals surface area contributed by atoms with E-state index in [0.717, 1.165) is 0 Å². The Morgan fingerprint density at radius 2 is 0.900 bits per heavy atom. The van der Waals surface area contributed by atoms with E-state index < -0.39 is 210 Å². The Labute approximate surface area is 706 Å². The number of amides is 15. The topological polar surface area (TPSA) is 653 Å². The molecule has 0 saturated carbocycles. The highest BCUT2D eigenvalue weighted by Gasteiger charge is 2.40. The van der Waals surface area contributed by atoms with Gasteiger partial charge in [0.1, 0.15) is 85.1 Å². The van der Waals surface area contributed by atoms with Crippen LogP contribution >= 0.6 is 11.8 Å². The van der Waals surface area contributed by atoms with Crippen LogP contribution in [0.5, 0.6) is 0 Å². The van der Waals surface area contributed by atoms with Crippen molar-refractivity contribution in [3.8, 4) is 0 Å². The van der Waals surface area contributed by atoms with E-state index in [1.54, 1.807) is 92.0 Å². The first-order valence-corrected chi connectivity index (χ1v) is 42.2. The summed E-state index contributed by atoms with van der Waals surface area (Å²) in [7, 11) is 0. The molecule has 0 spiro atoms. The minimum absolute atomic E-state index is 0.00396. The van der Waals surface area contributed by atoms with Crippen LogP contribution in [0.15, 0.2) is 47.8 Å². The monoisotopic (exact) mass is 1710 g/mol. The predicted molar refractivity (Wildman–Crippen MR) is 451 cm³/mol. The SMILES string of the molecule is CC[C@H](C)[C@H](NC(=O)[C@H](CC(N)=O)NC(=O)[C@@H](NC(=O)[C@H](Cc1cnc[nH]1)NC(=O)[C@H](CCCN=C(N)N)NC(=O)[C@@H](NC(=O)[C@H](CCCCN)NC(=O)[C@H](C)NC(=O)[C@H](CC(C)C)NC(=O)[C@@H](N)C(C)C)[C@@H](C)O)C(C)C)C(=O)N[C@@H](CC(C)C)C(=O)N[C@@H](CC(C)C)C(=O)N[C@@H](Cc1ccccc1)C(=O)N[C@@H](CCSC)C(=O)NCC(=O)O. The number of carbonyl (C=O) groups excluding carboxylic acids is 15. The van der Waals surface area contributed by atoms with Crippen molar-refractivity contribution in [3.05, 3.63) is 54.1 Å². The van der Waals surface area contributed by atoms with Crippen molar-refractivity contribution in [1.29, 1.82) is 0 Å². The maximum absolute atomic E-state index is 14.8. The number of carboxylic acids is 1. The zero-order chi connectivity index (χ0) is 90.8. The van der Waals surface area contributed by atoms with E-state index in [1.807, 2.05) is 13.8 Å². The van der Waals surface area contributed by atoms with Gasteiger partial charge in [-0.2, -0.15) is 11.8 Å². The van der Waals surface area contributed by atoms with Crippen molar-refractivity contribution in [3.63, 3.8) is 0 Å². The third-order valence-corrected chi connectivity index (χ3v) is 19.9. The molecule has 41 heteroatoms. The number of benzene rings is 1. The lowest BCUT2D eigenvalue weighted by atomic mass is 9.95. The van der Waals surface area contributed by atoms with E-state index in [1.165, 1.54) is 52.0 Å². The summed E-state index contributed by atoms with van der Waals surface area (Å²) in [6, 6.07) is -11.2. The fourth-order valence-electron chi connectivity index (χ4n) is 12.3. The zero-order valence-corrected chi connectivity index (χ0v) is 72.6. The zero-order valence-electron chi connectivity index (χ0n) is 71.8. The Balaban J connectivity index is 2.56. The van der Waals surface area contributed by atoms with Crippen LogP contribution in [0.3, 0.4) is 0 Å². The van der Waals surface area contributed by atoms with Crippen LogP contribution in [0.1, 0.15) is 179 Å². The summed E-state index contributed by atoms with van der Waals surface area (Å²) < 4.78 is 0. The first kappa shape index (κ1) is 106. The highest BCUT2D eigenvalue weighted by molar-refractivity contribution is 7.98. The molecule has 15 amide bonds. The van der Waals surface area contributed by atoms with Gasteiger partial charge in [-0.05, 0) is 131 Å². The molecule has 0 aliphatic heterocycles. The van der Waals surface area contributed by atoms with Gasteiger partial charge >= 0.3 is 5.97 Å². The molecule has 1 aromatic carbocycles. The molecule has 0 bridgehead atoms. The summed E-state index contributed by atoms with van der Waals surface area (Å²) in [4.78, 5) is 234. The summed E-state index contributed by atoms with van der Waals surface area (Å²) in [5.74, 6) is -17.1. The minimum Gasteiger partial charge on any atom is -0.480 e. The standard InChI is InChI=1S/C79H134N22O18S/c1-16-45(12)63(77(118)97-55(33-42(6)7)71(112)93-54(32-41(4)5)70(111)94-56(34-48-23-18-17-19-24-48)72(113)91-52(27-30-120-15)66(107)87-38-60(104)105)100-74(115)58(36-59(81)103)98-76(117)62(44(10)11)99-73(114)57(35-49-37-85-39-88-49)95-67(108)51(26-22-29-86-79(83)84)92-78(119)64(47(14)102)101-68(109)50(25-20-21-28-80)90-65(106)46(13)89-69(110)53(31-40(2)3)96-75(116)61(82)43(8)9/h17-19,23-24,37,39-47,50-58,61-64,102H,16,20-22,25-36,38,80,82H2,1-15H3,(H2,81,103)(H,85,88)(H,87,107)(H,89,110)(H,90,106)(H,91,113)(H,92,119)(H,93,112)(H,94,111)(H,95,108)(H,96,116)(H,97,118)(H,98,117)(H,99,114)(H,100,115)(H,101,109)(H,104,105)(H4,83,84,86)/t45-,46-,47+,50-,51-,52-,53-,54-,55-,56-,57-,58-,61-,62-,63-,64-/m0/s1. The van der Waals surface area contributed by atoms with Gasteiger partial charge in [-0.15, -0.1) is 0 Å². The van der Waals surface area contributed by atoms with Crippen molar-refractivity contribution in [1.82, 2.24) is 84.4 Å². The molecular formula is C79H134N22O18S. The Morgan fingerprint density at radius 3 is 1.39 bits per heavy atom. The number of nitrogens with one attached hydrogen (secondary N) is 15. The van der Waals surface area contributed by atoms with E-state index in [4.69, 9.17) is 28.7 Å². The third kappa shape index (κ3) is 39.6. The highest BCUT2D eigenvalue weighted by Crippen LogP contribution is 2.18. The van der Waals surface area contributed by atoms with Crippen LogP contribution in [0.25, 0.3) is 0 Å². The van der Waals surface area contributed by atoms with E-state index in [9.17, 15) is 86.9 Å². The van der Waals surface area contributed by atoms with E-state index in [-0.39, 0.29) is 119 Å². The number of aromatic amines is 1. The number of aliphatic hydroxyl groups is 1. The first-order valence-electron chi connectivity index (χ1n) is 40.8. The number of aromatic nitrogens is 2. The molecule has 0 saturated heterocycles. The van der Waals surface area contributed by atoms with Gasteiger partial charge in [-0.1, -0.05) is 120 Å². The van der Waals surface area contributed by atoms with E-state index in [0.29, 0.717) is 17.7 Å². The van der Waals surface area contributed by atoms with Crippen molar-refractivity contribution < 1.29 is 86.9 Å². The maximum Gasteiger partial charge on any atom is 0.322 e. The fraction of sp³-hybridized carbons (Fsp3) is 0.671. The molecule has 2 aromatic rings. The quantitative estimate of drug-likeness (QED) is 0.0176. The summed E-state index contributed by atoms with van der Waals surface area (Å²) in [5, 5.41) is 56.7. The van der Waals surface area contributed by atoms with Crippen LogP contribution in [-0.4, -0.2) is 243 Å². The Bertz CT molecular complexity index is 3700. The number of unbranched alkanes of at least 4 members (excludes halogenated alkanes) is 1. The molecule has 16 atom stereocenters. The highest BCUT2D eigenvalue weighted by atomic mass is 32.2. The summed E-state index contributed by atoms with van der Waals surface area (Å²) in [6.07, 6.45) is 2.40. The van der Waals surface area contributed by atoms with Gasteiger partial charge in [0.25, 0.3) is 0 Å². The molecule has 674 valence electrons. The normalized spacial score (nSPS) is 15.4. The number of aliphatic hydroxyl groups excluding tert-OH is 1.